The van der Waals surface area contributed by atoms with Crippen LogP contribution in [0.4, 0.5) is 4.39 Å². The van der Waals surface area contributed by atoms with Gasteiger partial charge >= 0.3 is 0 Å². The van der Waals surface area contributed by atoms with Gasteiger partial charge in [0, 0.05) is 30.8 Å². The van der Waals surface area contributed by atoms with Gasteiger partial charge in [0.1, 0.15) is 17.3 Å². The molecule has 0 aliphatic heterocycles. The molecule has 118 valence electrons. The maximum Gasteiger partial charge on any atom is 0.232 e. The second-order valence-electron chi connectivity index (χ2n) is 5.70. The quantitative estimate of drug-likeness (QED) is 0.721. The summed E-state index contributed by atoms with van der Waals surface area (Å²) in [5.41, 5.74) is 1.63. The molecule has 1 aliphatic carbocycles. The van der Waals surface area contributed by atoms with E-state index in [9.17, 15) is 4.39 Å². The van der Waals surface area contributed by atoms with Crippen LogP contribution in [0.3, 0.4) is 0 Å². The van der Waals surface area contributed by atoms with Gasteiger partial charge in [0.25, 0.3) is 0 Å². The minimum atomic E-state index is -0.350. The second-order valence-corrected chi connectivity index (χ2v) is 5.70. The van der Waals surface area contributed by atoms with Crippen LogP contribution >= 0.6 is 0 Å². The average Bonchev–Trinajstić information content (AvgIpc) is 3.14. The number of rotatable bonds is 5. The van der Waals surface area contributed by atoms with Crippen molar-refractivity contribution in [3.63, 3.8) is 0 Å². The highest BCUT2D eigenvalue weighted by atomic mass is 19.1. The lowest BCUT2D eigenvalue weighted by Gasteiger charge is -2.10. The molecule has 0 spiro atoms. The first-order valence-electron chi connectivity index (χ1n) is 7.56. The van der Waals surface area contributed by atoms with Crippen LogP contribution in [0.25, 0.3) is 11.3 Å². The number of benzene rings is 1. The molecule has 0 atom stereocenters. The van der Waals surface area contributed by atoms with Gasteiger partial charge in [0.05, 0.1) is 11.9 Å². The fraction of sp³-hybridized carbons (Fsp3) is 0.294. The van der Waals surface area contributed by atoms with E-state index < -0.39 is 0 Å². The normalized spacial score (nSPS) is 14.2. The average molecular weight is 313 g/mol. The number of aromatic nitrogens is 3. The number of oxazole rings is 1. The van der Waals surface area contributed by atoms with Crippen LogP contribution in [0.2, 0.25) is 0 Å². The summed E-state index contributed by atoms with van der Waals surface area (Å²) < 4.78 is 26.7. The molecule has 1 fully saturated rings. The summed E-state index contributed by atoms with van der Waals surface area (Å²) in [5.74, 6) is 2.02. The molecular formula is C17H16FN3O2. The lowest BCUT2D eigenvalue weighted by molar-refractivity contribution is 0.259. The van der Waals surface area contributed by atoms with Crippen molar-refractivity contribution < 1.29 is 13.5 Å². The largest absolute Gasteiger partial charge is 0.483 e. The Morgan fingerprint density at radius 3 is 2.96 bits per heavy atom. The number of ether oxygens (including phenoxy) is 1. The summed E-state index contributed by atoms with van der Waals surface area (Å²) in [6.45, 7) is 0.168. The fourth-order valence-corrected chi connectivity index (χ4v) is 2.55. The van der Waals surface area contributed by atoms with Gasteiger partial charge in [-0.25, -0.2) is 9.37 Å². The Hall–Kier alpha value is -2.63. The van der Waals surface area contributed by atoms with E-state index in [4.69, 9.17) is 9.15 Å². The SMILES string of the molecule is Cn1nccc1-c1ccc(F)cc1OCc1ncc(C2CC2)o1. The van der Waals surface area contributed by atoms with E-state index in [1.54, 1.807) is 23.1 Å². The van der Waals surface area contributed by atoms with Crippen molar-refractivity contribution in [2.24, 2.45) is 7.05 Å². The molecule has 0 saturated heterocycles. The maximum absolute atomic E-state index is 13.6. The third kappa shape index (κ3) is 2.84. The van der Waals surface area contributed by atoms with Crippen LogP contribution in [0.15, 0.2) is 41.1 Å². The van der Waals surface area contributed by atoms with E-state index in [1.807, 2.05) is 13.1 Å². The summed E-state index contributed by atoms with van der Waals surface area (Å²) in [4.78, 5) is 4.22. The van der Waals surface area contributed by atoms with Gasteiger partial charge in [-0.1, -0.05) is 0 Å². The predicted molar refractivity (Wildman–Crippen MR) is 81.4 cm³/mol. The standard InChI is InChI=1S/C17H16FN3O2/c1-21-14(6-7-20-21)13-5-4-12(18)8-15(13)22-10-17-19-9-16(23-17)11-2-3-11/h4-9,11H,2-3,10H2,1H3. The Kier molecular flexibility index (Phi) is 3.37. The van der Waals surface area contributed by atoms with Crippen molar-refractivity contribution in [2.75, 3.05) is 0 Å². The van der Waals surface area contributed by atoms with Crippen LogP contribution in [-0.4, -0.2) is 14.8 Å². The Labute approximate surface area is 132 Å². The molecule has 23 heavy (non-hydrogen) atoms. The maximum atomic E-state index is 13.6. The molecule has 1 aliphatic rings. The highest BCUT2D eigenvalue weighted by Gasteiger charge is 2.27. The molecule has 0 N–H and O–H groups in total. The topological polar surface area (TPSA) is 53.1 Å². The van der Waals surface area contributed by atoms with Gasteiger partial charge in [-0.3, -0.25) is 4.68 Å². The minimum Gasteiger partial charge on any atom is -0.483 e. The van der Waals surface area contributed by atoms with Gasteiger partial charge in [-0.2, -0.15) is 5.10 Å². The summed E-state index contributed by atoms with van der Waals surface area (Å²) in [5, 5.41) is 4.14. The van der Waals surface area contributed by atoms with Crippen molar-refractivity contribution >= 4 is 0 Å². The number of nitrogens with zero attached hydrogens (tertiary/aromatic N) is 3. The van der Waals surface area contributed by atoms with Gasteiger partial charge in [-0.15, -0.1) is 0 Å². The molecule has 0 radical (unpaired) electrons. The van der Waals surface area contributed by atoms with Crippen molar-refractivity contribution in [2.45, 2.75) is 25.4 Å². The molecule has 2 aromatic heterocycles. The van der Waals surface area contributed by atoms with Crippen molar-refractivity contribution in [1.82, 2.24) is 14.8 Å². The Balaban J connectivity index is 1.57. The lowest BCUT2D eigenvalue weighted by atomic mass is 10.1. The van der Waals surface area contributed by atoms with E-state index in [-0.39, 0.29) is 12.4 Å². The molecule has 1 saturated carbocycles. The second kappa shape index (κ2) is 5.53. The molecule has 0 bridgehead atoms. The lowest BCUT2D eigenvalue weighted by Crippen LogP contribution is -2.00. The van der Waals surface area contributed by atoms with E-state index in [0.717, 1.165) is 29.9 Å². The first-order valence-corrected chi connectivity index (χ1v) is 7.56. The molecule has 2 heterocycles. The van der Waals surface area contributed by atoms with Crippen LogP contribution in [0.1, 0.15) is 30.4 Å². The zero-order valence-electron chi connectivity index (χ0n) is 12.7. The van der Waals surface area contributed by atoms with Crippen molar-refractivity contribution in [1.29, 1.82) is 0 Å². The third-order valence-electron chi connectivity index (χ3n) is 3.94. The van der Waals surface area contributed by atoms with Gasteiger partial charge in [0.2, 0.25) is 5.89 Å². The predicted octanol–water partition coefficient (Wildman–Crippen LogP) is 3.67. The number of hydrogen-bond donors (Lipinski definition) is 0. The fourth-order valence-electron chi connectivity index (χ4n) is 2.55. The smallest absolute Gasteiger partial charge is 0.232 e. The summed E-state index contributed by atoms with van der Waals surface area (Å²) in [6.07, 6.45) is 5.76. The van der Waals surface area contributed by atoms with Gasteiger partial charge in [-0.05, 0) is 31.0 Å². The number of hydrogen-bond acceptors (Lipinski definition) is 4. The van der Waals surface area contributed by atoms with Crippen LogP contribution < -0.4 is 4.74 Å². The van der Waals surface area contributed by atoms with E-state index >= 15 is 0 Å². The Bertz CT molecular complexity index is 836. The first kappa shape index (κ1) is 14.0. The number of halogens is 1. The van der Waals surface area contributed by atoms with Crippen molar-refractivity contribution in [3.05, 3.63) is 54.1 Å². The van der Waals surface area contributed by atoms with Gasteiger partial charge < -0.3 is 9.15 Å². The third-order valence-corrected chi connectivity index (χ3v) is 3.94. The molecular weight excluding hydrogens is 297 g/mol. The van der Waals surface area contributed by atoms with Gasteiger partial charge in [0.15, 0.2) is 6.61 Å². The Morgan fingerprint density at radius 1 is 1.35 bits per heavy atom. The van der Waals surface area contributed by atoms with Crippen LogP contribution in [-0.2, 0) is 13.7 Å². The number of aryl methyl sites for hydroxylation is 1. The molecule has 1 aromatic carbocycles. The molecule has 3 aromatic rings. The summed E-state index contributed by atoms with van der Waals surface area (Å²) in [6, 6.07) is 6.32. The zero-order chi connectivity index (χ0) is 15.8. The molecule has 0 unspecified atom stereocenters. The zero-order valence-corrected chi connectivity index (χ0v) is 12.7. The molecule has 5 nitrogen and oxygen atoms in total. The summed E-state index contributed by atoms with van der Waals surface area (Å²) >= 11 is 0. The highest BCUT2D eigenvalue weighted by Crippen LogP contribution is 2.40. The molecule has 0 amide bonds. The first-order chi connectivity index (χ1) is 11.2. The summed E-state index contributed by atoms with van der Waals surface area (Å²) in [7, 11) is 1.83. The highest BCUT2D eigenvalue weighted by molar-refractivity contribution is 5.67. The van der Waals surface area contributed by atoms with Crippen molar-refractivity contribution in [3.8, 4) is 17.0 Å². The van der Waals surface area contributed by atoms with E-state index in [0.29, 0.717) is 17.6 Å². The minimum absolute atomic E-state index is 0.168. The van der Waals surface area contributed by atoms with E-state index in [1.165, 1.54) is 12.1 Å². The molecule has 4 rings (SSSR count). The monoisotopic (exact) mass is 313 g/mol. The van der Waals surface area contributed by atoms with E-state index in [2.05, 4.69) is 10.1 Å². The van der Waals surface area contributed by atoms with Crippen LogP contribution in [0, 0.1) is 5.82 Å². The Morgan fingerprint density at radius 2 is 2.22 bits per heavy atom. The molecule has 6 heteroatoms. The van der Waals surface area contributed by atoms with Crippen LogP contribution in [0.5, 0.6) is 5.75 Å².